The molecule has 3 heteroatoms. The van der Waals surface area contributed by atoms with Crippen LogP contribution in [0.2, 0.25) is 0 Å². The van der Waals surface area contributed by atoms with E-state index < -0.39 is 0 Å². The van der Waals surface area contributed by atoms with Gasteiger partial charge in [-0.2, -0.15) is 0 Å². The summed E-state index contributed by atoms with van der Waals surface area (Å²) in [5.74, 6) is 1.72. The molecular formula is C16H23ClN2. The van der Waals surface area contributed by atoms with E-state index in [2.05, 4.69) is 50.5 Å². The van der Waals surface area contributed by atoms with Crippen molar-refractivity contribution < 1.29 is 0 Å². The zero-order chi connectivity index (χ0) is 14.0. The fraction of sp³-hybridized carbons (Fsp3) is 0.562. The maximum Gasteiger partial charge on any atom is 0.111 e. The molecule has 0 radical (unpaired) electrons. The average Bonchev–Trinajstić information content (AvgIpc) is 2.67. The Kier molecular flexibility index (Phi) is 4.19. The van der Waals surface area contributed by atoms with Crippen LogP contribution in [0.4, 0.5) is 0 Å². The van der Waals surface area contributed by atoms with E-state index >= 15 is 0 Å². The van der Waals surface area contributed by atoms with Gasteiger partial charge < -0.3 is 4.57 Å². The number of alkyl halides is 1. The first kappa shape index (κ1) is 14.4. The number of rotatable bonds is 5. The van der Waals surface area contributed by atoms with Gasteiger partial charge in [0.15, 0.2) is 0 Å². The predicted octanol–water partition coefficient (Wildman–Crippen LogP) is 4.66. The van der Waals surface area contributed by atoms with Crippen molar-refractivity contribution in [2.75, 3.05) is 5.88 Å². The number of nitrogens with zero attached hydrogens (tertiary/aromatic N) is 2. The number of hydrogen-bond donors (Lipinski definition) is 0. The van der Waals surface area contributed by atoms with Crippen LogP contribution >= 0.6 is 11.6 Å². The fourth-order valence-corrected chi connectivity index (χ4v) is 3.06. The summed E-state index contributed by atoms with van der Waals surface area (Å²) in [5, 5.41) is 0. The summed E-state index contributed by atoms with van der Waals surface area (Å²) in [7, 11) is 0. The van der Waals surface area contributed by atoms with E-state index in [1.54, 1.807) is 0 Å². The maximum absolute atomic E-state index is 5.94. The van der Waals surface area contributed by atoms with Gasteiger partial charge in [-0.05, 0) is 44.9 Å². The molecule has 0 unspecified atom stereocenters. The highest BCUT2D eigenvalue weighted by Crippen LogP contribution is 2.30. The highest BCUT2D eigenvalue weighted by Gasteiger charge is 2.24. The molecule has 104 valence electrons. The minimum Gasteiger partial charge on any atom is -0.322 e. The van der Waals surface area contributed by atoms with Gasteiger partial charge in [-0.1, -0.05) is 19.4 Å². The first-order valence-corrected chi connectivity index (χ1v) is 7.57. The molecule has 0 spiro atoms. The van der Waals surface area contributed by atoms with E-state index in [-0.39, 0.29) is 5.54 Å². The molecule has 0 bridgehead atoms. The summed E-state index contributed by atoms with van der Waals surface area (Å²) >= 11 is 5.94. The number of benzene rings is 1. The fourth-order valence-electron chi connectivity index (χ4n) is 2.89. The van der Waals surface area contributed by atoms with Crippen molar-refractivity contribution in [2.45, 2.75) is 52.5 Å². The minimum atomic E-state index is 0.0835. The lowest BCUT2D eigenvalue weighted by Crippen LogP contribution is -2.28. The number of fused-ring (bicyclic) bond motifs is 1. The molecule has 0 atom stereocenters. The van der Waals surface area contributed by atoms with Crippen molar-refractivity contribution in [3.05, 3.63) is 29.6 Å². The topological polar surface area (TPSA) is 17.8 Å². The number of imidazole rings is 1. The van der Waals surface area contributed by atoms with Gasteiger partial charge in [0.2, 0.25) is 0 Å². The highest BCUT2D eigenvalue weighted by atomic mass is 35.5. The Bertz CT molecular complexity index is 569. The van der Waals surface area contributed by atoms with Gasteiger partial charge in [-0.25, -0.2) is 4.98 Å². The lowest BCUT2D eigenvalue weighted by molar-refractivity contribution is 0.324. The number of hydrogen-bond acceptors (Lipinski definition) is 1. The molecule has 0 amide bonds. The van der Waals surface area contributed by atoms with Crippen LogP contribution in [0.15, 0.2) is 18.2 Å². The quantitative estimate of drug-likeness (QED) is 0.727. The third-order valence-electron chi connectivity index (χ3n) is 3.66. The second kappa shape index (κ2) is 5.54. The highest BCUT2D eigenvalue weighted by molar-refractivity contribution is 6.17. The summed E-state index contributed by atoms with van der Waals surface area (Å²) in [6, 6.07) is 6.51. The summed E-state index contributed by atoms with van der Waals surface area (Å²) in [4.78, 5) is 4.79. The van der Waals surface area contributed by atoms with E-state index in [4.69, 9.17) is 16.6 Å². The molecule has 2 rings (SSSR count). The van der Waals surface area contributed by atoms with Gasteiger partial charge in [0, 0.05) is 17.8 Å². The molecule has 1 aromatic heterocycles. The summed E-state index contributed by atoms with van der Waals surface area (Å²) in [6.07, 6.45) is 3.13. The molecule has 19 heavy (non-hydrogen) atoms. The largest absolute Gasteiger partial charge is 0.322 e. The molecule has 0 fully saturated rings. The van der Waals surface area contributed by atoms with Crippen LogP contribution in [-0.2, 0) is 12.0 Å². The van der Waals surface area contributed by atoms with E-state index in [0.717, 1.165) is 24.2 Å². The Morgan fingerprint density at radius 2 is 2.05 bits per heavy atom. The Morgan fingerprint density at radius 3 is 2.68 bits per heavy atom. The Labute approximate surface area is 120 Å². The van der Waals surface area contributed by atoms with Crippen molar-refractivity contribution in [3.8, 4) is 0 Å². The molecule has 2 nitrogen and oxygen atoms in total. The van der Waals surface area contributed by atoms with Crippen molar-refractivity contribution in [2.24, 2.45) is 0 Å². The zero-order valence-corrected chi connectivity index (χ0v) is 13.1. The van der Waals surface area contributed by atoms with Crippen molar-refractivity contribution >= 4 is 22.6 Å². The molecule has 0 saturated heterocycles. The number of aromatic nitrogens is 2. The van der Waals surface area contributed by atoms with Gasteiger partial charge in [0.1, 0.15) is 5.82 Å². The van der Waals surface area contributed by atoms with Crippen LogP contribution in [-0.4, -0.2) is 15.4 Å². The Morgan fingerprint density at radius 1 is 1.32 bits per heavy atom. The number of halogens is 1. The summed E-state index contributed by atoms with van der Waals surface area (Å²) in [6.45, 7) is 8.91. The molecule has 0 aliphatic rings. The Hall–Kier alpha value is -1.02. The predicted molar refractivity (Wildman–Crippen MR) is 83.1 cm³/mol. The van der Waals surface area contributed by atoms with Crippen molar-refractivity contribution in [1.82, 2.24) is 9.55 Å². The average molecular weight is 279 g/mol. The summed E-state index contributed by atoms with van der Waals surface area (Å²) < 4.78 is 2.38. The molecule has 0 aliphatic heterocycles. The van der Waals surface area contributed by atoms with Crippen LogP contribution in [0.5, 0.6) is 0 Å². The lowest BCUT2D eigenvalue weighted by atomic mass is 9.97. The van der Waals surface area contributed by atoms with Gasteiger partial charge in [0.05, 0.1) is 11.0 Å². The monoisotopic (exact) mass is 278 g/mol. The van der Waals surface area contributed by atoms with E-state index in [9.17, 15) is 0 Å². The van der Waals surface area contributed by atoms with Crippen LogP contribution in [0, 0.1) is 6.92 Å². The molecule has 0 N–H and O–H groups in total. The number of aryl methyl sites for hydroxylation is 2. The first-order valence-electron chi connectivity index (χ1n) is 7.04. The second-order valence-corrected chi connectivity index (χ2v) is 6.23. The van der Waals surface area contributed by atoms with E-state index in [1.165, 1.54) is 17.5 Å². The van der Waals surface area contributed by atoms with Crippen LogP contribution < -0.4 is 0 Å². The van der Waals surface area contributed by atoms with Crippen LogP contribution in [0.25, 0.3) is 11.0 Å². The second-order valence-electron chi connectivity index (χ2n) is 5.86. The van der Waals surface area contributed by atoms with Gasteiger partial charge in [-0.15, -0.1) is 11.6 Å². The first-order chi connectivity index (χ1) is 8.99. The molecule has 0 saturated carbocycles. The minimum absolute atomic E-state index is 0.0835. The zero-order valence-electron chi connectivity index (χ0n) is 12.3. The van der Waals surface area contributed by atoms with Gasteiger partial charge in [0.25, 0.3) is 0 Å². The molecule has 2 aromatic rings. The van der Waals surface area contributed by atoms with E-state index in [1.807, 2.05) is 0 Å². The molecule has 1 heterocycles. The van der Waals surface area contributed by atoms with E-state index in [0.29, 0.717) is 5.88 Å². The smallest absolute Gasteiger partial charge is 0.111 e. The van der Waals surface area contributed by atoms with Crippen molar-refractivity contribution in [1.29, 1.82) is 0 Å². The summed E-state index contributed by atoms with van der Waals surface area (Å²) in [5.41, 5.74) is 3.65. The third kappa shape index (κ3) is 2.79. The van der Waals surface area contributed by atoms with Gasteiger partial charge in [-0.3, -0.25) is 0 Å². The molecule has 0 aliphatic carbocycles. The van der Waals surface area contributed by atoms with Crippen LogP contribution in [0.1, 0.15) is 45.0 Å². The molecular weight excluding hydrogens is 256 g/mol. The Balaban J connectivity index is 2.64. The van der Waals surface area contributed by atoms with Crippen molar-refractivity contribution in [3.63, 3.8) is 0 Å². The maximum atomic E-state index is 5.94. The van der Waals surface area contributed by atoms with Gasteiger partial charge >= 0.3 is 0 Å². The molecule has 1 aromatic carbocycles. The third-order valence-corrected chi connectivity index (χ3v) is 3.85. The lowest BCUT2D eigenvalue weighted by Gasteiger charge is -2.29. The van der Waals surface area contributed by atoms with Crippen LogP contribution in [0.3, 0.4) is 0 Å². The SMILES string of the molecule is CCCC(C)(C)n1c(CCCl)nc2cc(C)ccc21. The standard InChI is InChI=1S/C16H23ClN2/c1-5-9-16(3,4)19-14-7-6-12(2)11-13(14)18-15(19)8-10-17/h6-7,11H,5,8-10H2,1-4H3. The normalized spacial score (nSPS) is 12.3.